The van der Waals surface area contributed by atoms with Gasteiger partial charge in [0, 0.05) is 5.56 Å². The third-order valence-corrected chi connectivity index (χ3v) is 2.72. The molecule has 2 aromatic rings. The first-order chi connectivity index (χ1) is 8.90. The number of furan rings is 1. The lowest BCUT2D eigenvalue weighted by molar-refractivity contribution is -0.402. The molecule has 0 N–H and O–H groups in total. The average molecular weight is 263 g/mol. The highest BCUT2D eigenvalue weighted by Crippen LogP contribution is 2.23. The van der Waals surface area contributed by atoms with Crippen molar-refractivity contribution in [2.45, 2.75) is 13.8 Å². The van der Waals surface area contributed by atoms with Crippen molar-refractivity contribution in [3.05, 3.63) is 62.6 Å². The molecular formula is C13H10FNO4. The maximum atomic E-state index is 13.2. The van der Waals surface area contributed by atoms with Crippen molar-refractivity contribution in [2.75, 3.05) is 0 Å². The van der Waals surface area contributed by atoms with Crippen molar-refractivity contribution in [2.24, 2.45) is 0 Å². The molecule has 6 heteroatoms. The maximum Gasteiger partial charge on any atom is 0.433 e. The Labute approximate surface area is 107 Å². The van der Waals surface area contributed by atoms with Gasteiger partial charge in [0.05, 0.1) is 6.07 Å². The van der Waals surface area contributed by atoms with Gasteiger partial charge in [-0.2, -0.15) is 0 Å². The lowest BCUT2D eigenvalue weighted by atomic mass is 9.98. The van der Waals surface area contributed by atoms with Gasteiger partial charge in [-0.3, -0.25) is 14.9 Å². The smallest absolute Gasteiger partial charge is 0.397 e. The topological polar surface area (TPSA) is 73.3 Å². The molecule has 98 valence electrons. The Hall–Kier alpha value is -2.50. The van der Waals surface area contributed by atoms with E-state index in [2.05, 4.69) is 0 Å². The summed E-state index contributed by atoms with van der Waals surface area (Å²) < 4.78 is 18.0. The molecule has 0 amide bonds. The highest BCUT2D eigenvalue weighted by molar-refractivity contribution is 6.09. The number of aryl methyl sites for hydroxylation is 2. The molecule has 2 rings (SSSR count). The molecule has 0 bridgehead atoms. The van der Waals surface area contributed by atoms with E-state index in [0.29, 0.717) is 16.7 Å². The van der Waals surface area contributed by atoms with Gasteiger partial charge in [-0.25, -0.2) is 4.39 Å². The Morgan fingerprint density at radius 3 is 2.32 bits per heavy atom. The summed E-state index contributed by atoms with van der Waals surface area (Å²) >= 11 is 0. The zero-order valence-electron chi connectivity index (χ0n) is 10.3. The summed E-state index contributed by atoms with van der Waals surface area (Å²) in [6, 6.07) is 4.82. The van der Waals surface area contributed by atoms with Crippen molar-refractivity contribution in [3.8, 4) is 0 Å². The number of hydrogen-bond acceptors (Lipinski definition) is 4. The molecular weight excluding hydrogens is 253 g/mol. The Morgan fingerprint density at radius 1 is 1.26 bits per heavy atom. The SMILES string of the molecule is Cc1cc(F)cc(C)c1C(=O)c1ccc([N+](=O)[O-])o1. The van der Waals surface area contributed by atoms with Gasteiger partial charge in [0.25, 0.3) is 0 Å². The fraction of sp³-hybridized carbons (Fsp3) is 0.154. The fourth-order valence-electron chi connectivity index (χ4n) is 1.94. The van der Waals surface area contributed by atoms with E-state index in [4.69, 9.17) is 4.42 Å². The molecule has 0 saturated carbocycles. The van der Waals surface area contributed by atoms with Crippen molar-refractivity contribution < 1.29 is 18.5 Å². The fourth-order valence-corrected chi connectivity index (χ4v) is 1.94. The zero-order chi connectivity index (χ0) is 14.2. The normalized spacial score (nSPS) is 10.5. The van der Waals surface area contributed by atoms with Crippen LogP contribution >= 0.6 is 0 Å². The molecule has 0 radical (unpaired) electrons. The summed E-state index contributed by atoms with van der Waals surface area (Å²) in [7, 11) is 0. The van der Waals surface area contributed by atoms with E-state index >= 15 is 0 Å². The monoisotopic (exact) mass is 263 g/mol. The summed E-state index contributed by atoms with van der Waals surface area (Å²) in [6.07, 6.45) is 0. The van der Waals surface area contributed by atoms with Crippen LogP contribution in [0.5, 0.6) is 0 Å². The van der Waals surface area contributed by atoms with Crippen LogP contribution in [0.3, 0.4) is 0 Å². The van der Waals surface area contributed by atoms with Gasteiger partial charge >= 0.3 is 5.88 Å². The number of carbonyl (C=O) groups excluding carboxylic acids is 1. The van der Waals surface area contributed by atoms with E-state index < -0.39 is 22.4 Å². The van der Waals surface area contributed by atoms with Crippen LogP contribution in [0.1, 0.15) is 27.2 Å². The molecule has 1 heterocycles. The van der Waals surface area contributed by atoms with Crippen molar-refractivity contribution in [3.63, 3.8) is 0 Å². The predicted octanol–water partition coefficient (Wildman–Crippen LogP) is 3.17. The van der Waals surface area contributed by atoms with Crippen LogP contribution in [0.4, 0.5) is 10.3 Å². The minimum absolute atomic E-state index is 0.135. The van der Waals surface area contributed by atoms with Crippen LogP contribution in [0.2, 0.25) is 0 Å². The number of halogens is 1. The van der Waals surface area contributed by atoms with Gasteiger partial charge in [0.15, 0.2) is 5.76 Å². The molecule has 0 saturated heterocycles. The molecule has 0 spiro atoms. The summed E-state index contributed by atoms with van der Waals surface area (Å²) in [5, 5.41) is 10.5. The number of nitro groups is 1. The molecule has 1 aromatic carbocycles. The average Bonchev–Trinajstić information content (AvgIpc) is 2.76. The van der Waals surface area contributed by atoms with Crippen LogP contribution in [0, 0.1) is 29.8 Å². The molecule has 0 aliphatic rings. The van der Waals surface area contributed by atoms with E-state index in [9.17, 15) is 19.3 Å². The van der Waals surface area contributed by atoms with Gasteiger partial charge in [0.1, 0.15) is 10.7 Å². The van der Waals surface area contributed by atoms with Crippen LogP contribution in [0.15, 0.2) is 28.7 Å². The van der Waals surface area contributed by atoms with Gasteiger partial charge in [0.2, 0.25) is 5.78 Å². The quantitative estimate of drug-likeness (QED) is 0.484. The summed E-state index contributed by atoms with van der Waals surface area (Å²) in [4.78, 5) is 22.0. The minimum Gasteiger partial charge on any atom is -0.397 e. The van der Waals surface area contributed by atoms with E-state index in [-0.39, 0.29) is 5.76 Å². The van der Waals surface area contributed by atoms with E-state index in [1.165, 1.54) is 18.2 Å². The minimum atomic E-state index is -0.721. The first-order valence-electron chi connectivity index (χ1n) is 5.46. The molecule has 19 heavy (non-hydrogen) atoms. The second-order valence-electron chi connectivity index (χ2n) is 4.14. The summed E-state index contributed by atoms with van der Waals surface area (Å²) in [5.41, 5.74) is 1.22. The van der Waals surface area contributed by atoms with Crippen molar-refractivity contribution >= 4 is 11.7 Å². The van der Waals surface area contributed by atoms with Gasteiger partial charge < -0.3 is 4.42 Å². The zero-order valence-corrected chi connectivity index (χ0v) is 10.3. The number of rotatable bonds is 3. The van der Waals surface area contributed by atoms with Gasteiger partial charge in [-0.15, -0.1) is 0 Å². The van der Waals surface area contributed by atoms with Crippen LogP contribution < -0.4 is 0 Å². The van der Waals surface area contributed by atoms with Crippen molar-refractivity contribution in [1.82, 2.24) is 0 Å². The van der Waals surface area contributed by atoms with E-state index in [0.717, 1.165) is 6.07 Å². The number of nitrogens with zero attached hydrogens (tertiary/aromatic N) is 1. The van der Waals surface area contributed by atoms with E-state index in [1.54, 1.807) is 13.8 Å². The standard InChI is InChI=1S/C13H10FNO4/c1-7-5-9(14)6-8(2)12(7)13(16)10-3-4-11(19-10)15(17)18/h3-6H,1-2H3. The van der Waals surface area contributed by atoms with Crippen LogP contribution in [-0.2, 0) is 0 Å². The molecule has 0 aliphatic carbocycles. The predicted molar refractivity (Wildman–Crippen MR) is 64.7 cm³/mol. The van der Waals surface area contributed by atoms with E-state index in [1.807, 2.05) is 0 Å². The third kappa shape index (κ3) is 2.37. The molecule has 5 nitrogen and oxygen atoms in total. The number of hydrogen-bond donors (Lipinski definition) is 0. The molecule has 0 unspecified atom stereocenters. The number of benzene rings is 1. The largest absolute Gasteiger partial charge is 0.433 e. The second-order valence-corrected chi connectivity index (χ2v) is 4.14. The first kappa shape index (κ1) is 12.9. The Morgan fingerprint density at radius 2 is 1.84 bits per heavy atom. The Balaban J connectivity index is 2.47. The van der Waals surface area contributed by atoms with Crippen LogP contribution in [0.25, 0.3) is 0 Å². The molecule has 0 fully saturated rings. The van der Waals surface area contributed by atoms with Crippen LogP contribution in [-0.4, -0.2) is 10.7 Å². The maximum absolute atomic E-state index is 13.2. The molecule has 0 aliphatic heterocycles. The Kier molecular flexibility index (Phi) is 3.16. The summed E-state index contributed by atoms with van der Waals surface area (Å²) in [5.74, 6) is -1.56. The van der Waals surface area contributed by atoms with Gasteiger partial charge in [-0.1, -0.05) is 0 Å². The first-order valence-corrected chi connectivity index (χ1v) is 5.46. The van der Waals surface area contributed by atoms with Crippen molar-refractivity contribution in [1.29, 1.82) is 0 Å². The highest BCUT2D eigenvalue weighted by Gasteiger charge is 2.21. The summed E-state index contributed by atoms with van der Waals surface area (Å²) in [6.45, 7) is 3.20. The molecule has 0 atom stereocenters. The van der Waals surface area contributed by atoms with Gasteiger partial charge in [-0.05, 0) is 43.2 Å². The number of carbonyl (C=O) groups is 1. The lowest BCUT2D eigenvalue weighted by Gasteiger charge is -2.07. The lowest BCUT2D eigenvalue weighted by Crippen LogP contribution is -2.06. The number of ketones is 1. The Bertz CT molecular complexity index is 652. The molecule has 1 aromatic heterocycles. The highest BCUT2D eigenvalue weighted by atomic mass is 19.1. The third-order valence-electron chi connectivity index (χ3n) is 2.72. The second kappa shape index (κ2) is 4.64.